The highest BCUT2D eigenvalue weighted by atomic mass is 31.2. The molecule has 328 valence electrons. The molecular formula is C47H82NO8P. The van der Waals surface area contributed by atoms with E-state index in [0.29, 0.717) is 6.42 Å². The highest BCUT2D eigenvalue weighted by molar-refractivity contribution is 7.47. The second kappa shape index (κ2) is 43.0. The first-order valence-electron chi connectivity index (χ1n) is 22.4. The minimum absolute atomic E-state index is 0.0481. The van der Waals surface area contributed by atoms with E-state index in [1.54, 1.807) is 0 Å². The lowest BCUT2D eigenvalue weighted by atomic mass is 10.1. The Kier molecular flexibility index (Phi) is 41.1. The fourth-order valence-electron chi connectivity index (χ4n) is 5.76. The van der Waals surface area contributed by atoms with Crippen molar-refractivity contribution >= 4 is 19.8 Å². The largest absolute Gasteiger partial charge is 0.472 e. The highest BCUT2D eigenvalue weighted by Crippen LogP contribution is 2.43. The minimum atomic E-state index is -4.38. The number of ether oxygens (including phenoxy) is 2. The summed E-state index contributed by atoms with van der Waals surface area (Å²) in [6.07, 6.45) is 52.2. The van der Waals surface area contributed by atoms with Crippen LogP contribution in [0.25, 0.3) is 0 Å². The van der Waals surface area contributed by atoms with Crippen LogP contribution in [-0.4, -0.2) is 49.3 Å². The van der Waals surface area contributed by atoms with Crippen LogP contribution in [0.5, 0.6) is 0 Å². The van der Waals surface area contributed by atoms with Crippen molar-refractivity contribution in [1.82, 2.24) is 0 Å². The number of phosphoric ester groups is 1. The van der Waals surface area contributed by atoms with E-state index in [1.807, 2.05) is 0 Å². The maximum absolute atomic E-state index is 12.6. The Morgan fingerprint density at radius 2 is 0.965 bits per heavy atom. The molecule has 0 aliphatic carbocycles. The van der Waals surface area contributed by atoms with Crippen LogP contribution in [0.15, 0.2) is 72.9 Å². The fraction of sp³-hybridized carbons (Fsp3) is 0.702. The quantitative estimate of drug-likeness (QED) is 0.0267. The molecule has 0 saturated heterocycles. The van der Waals surface area contributed by atoms with Crippen LogP contribution in [0, 0.1) is 0 Å². The Labute approximate surface area is 348 Å². The number of nitrogens with two attached hydrogens (primary N) is 1. The van der Waals surface area contributed by atoms with Crippen LogP contribution in [0.3, 0.4) is 0 Å². The van der Waals surface area contributed by atoms with Gasteiger partial charge in [0.15, 0.2) is 6.10 Å². The van der Waals surface area contributed by atoms with E-state index in [2.05, 4.69) is 86.8 Å². The standard InChI is InChI=1S/C47H82NO8P/c1-3-5-7-9-11-13-15-16-17-18-19-20-21-22-23-24-25-26-27-28-30-32-34-36-38-40-47(50)56-45(44-55-57(51,52)54-42-41-48)43-53-46(49)39-37-35-33-31-29-14-12-10-8-6-4-2/h5,7,10-13,16-17,19-20,22-23,45H,3-4,6,8-9,14-15,18,21,24-44,48H2,1-2H3,(H,51,52)/b7-5-,12-10-,13-11-,17-16-,20-19-,23-22-. The lowest BCUT2D eigenvalue weighted by molar-refractivity contribution is -0.161. The Balaban J connectivity index is 4.09. The summed E-state index contributed by atoms with van der Waals surface area (Å²) in [6, 6.07) is 0. The molecule has 0 aromatic heterocycles. The summed E-state index contributed by atoms with van der Waals surface area (Å²) in [5.41, 5.74) is 5.34. The topological polar surface area (TPSA) is 134 Å². The van der Waals surface area contributed by atoms with Gasteiger partial charge in [0, 0.05) is 19.4 Å². The van der Waals surface area contributed by atoms with Crippen molar-refractivity contribution in [2.75, 3.05) is 26.4 Å². The van der Waals surface area contributed by atoms with Crippen molar-refractivity contribution in [1.29, 1.82) is 0 Å². The number of carbonyl (C=O) groups is 2. The molecular weight excluding hydrogens is 737 g/mol. The average molecular weight is 820 g/mol. The van der Waals surface area contributed by atoms with Crippen LogP contribution in [0.4, 0.5) is 0 Å². The zero-order valence-corrected chi connectivity index (χ0v) is 36.9. The molecule has 0 rings (SSSR count). The molecule has 0 fully saturated rings. The van der Waals surface area contributed by atoms with Gasteiger partial charge in [0.1, 0.15) is 6.61 Å². The molecule has 57 heavy (non-hydrogen) atoms. The number of carbonyl (C=O) groups excluding carboxylic acids is 2. The van der Waals surface area contributed by atoms with Crippen LogP contribution in [-0.2, 0) is 32.7 Å². The number of phosphoric acid groups is 1. The second-order valence-electron chi connectivity index (χ2n) is 14.5. The van der Waals surface area contributed by atoms with E-state index in [9.17, 15) is 19.0 Å². The Bertz CT molecular complexity index is 1160. The van der Waals surface area contributed by atoms with Gasteiger partial charge in [-0.3, -0.25) is 18.6 Å². The molecule has 9 nitrogen and oxygen atoms in total. The smallest absolute Gasteiger partial charge is 0.462 e. The molecule has 0 aliphatic heterocycles. The average Bonchev–Trinajstić information content (AvgIpc) is 3.20. The number of hydrogen-bond acceptors (Lipinski definition) is 8. The maximum atomic E-state index is 12.6. The van der Waals surface area contributed by atoms with Crippen molar-refractivity contribution < 1.29 is 37.6 Å². The monoisotopic (exact) mass is 820 g/mol. The Hall–Kier alpha value is -2.55. The van der Waals surface area contributed by atoms with E-state index < -0.39 is 32.5 Å². The summed E-state index contributed by atoms with van der Waals surface area (Å²) in [6.45, 7) is 3.55. The maximum Gasteiger partial charge on any atom is 0.472 e. The van der Waals surface area contributed by atoms with Gasteiger partial charge in [-0.15, -0.1) is 0 Å². The predicted molar refractivity (Wildman–Crippen MR) is 238 cm³/mol. The van der Waals surface area contributed by atoms with Crippen LogP contribution in [0.2, 0.25) is 0 Å². The Morgan fingerprint density at radius 3 is 1.46 bits per heavy atom. The van der Waals surface area contributed by atoms with Crippen molar-refractivity contribution in [2.24, 2.45) is 5.73 Å². The zero-order valence-electron chi connectivity index (χ0n) is 36.0. The number of allylic oxidation sites excluding steroid dienone is 12. The summed E-state index contributed by atoms with van der Waals surface area (Å²) in [5, 5.41) is 0. The third kappa shape index (κ3) is 42.9. The number of rotatable bonds is 41. The molecule has 2 atom stereocenters. The van der Waals surface area contributed by atoms with Crippen molar-refractivity contribution in [3.8, 4) is 0 Å². The summed E-state index contributed by atoms with van der Waals surface area (Å²) in [7, 11) is -4.38. The normalized spacial score (nSPS) is 14.0. The molecule has 3 N–H and O–H groups in total. The van der Waals surface area contributed by atoms with E-state index in [4.69, 9.17) is 24.3 Å². The van der Waals surface area contributed by atoms with Gasteiger partial charge in [0.05, 0.1) is 13.2 Å². The first-order chi connectivity index (χ1) is 27.8. The van der Waals surface area contributed by atoms with Gasteiger partial charge < -0.3 is 20.1 Å². The third-order valence-electron chi connectivity index (χ3n) is 9.08. The number of esters is 2. The van der Waals surface area contributed by atoms with E-state index in [1.165, 1.54) is 44.9 Å². The van der Waals surface area contributed by atoms with Crippen LogP contribution >= 0.6 is 7.82 Å². The molecule has 0 aliphatic rings. The van der Waals surface area contributed by atoms with Gasteiger partial charge in [-0.05, 0) is 77.0 Å². The SMILES string of the molecule is CC/C=C\C/C=C\C/C=C\C/C=C\C/C=C\CCCCCCCCCCCC(=O)OC(COC(=O)CCCCCCC/C=C\CCCC)COP(=O)(O)OCCN. The molecule has 0 aromatic carbocycles. The summed E-state index contributed by atoms with van der Waals surface area (Å²) in [4.78, 5) is 34.8. The zero-order chi connectivity index (χ0) is 41.8. The molecule has 10 heteroatoms. The van der Waals surface area contributed by atoms with E-state index in [-0.39, 0.29) is 32.6 Å². The van der Waals surface area contributed by atoms with Gasteiger partial charge in [-0.2, -0.15) is 0 Å². The third-order valence-corrected chi connectivity index (χ3v) is 10.1. The first kappa shape index (κ1) is 54.5. The van der Waals surface area contributed by atoms with Gasteiger partial charge in [0.25, 0.3) is 0 Å². The lowest BCUT2D eigenvalue weighted by Gasteiger charge is -2.19. The summed E-state index contributed by atoms with van der Waals surface area (Å²) < 4.78 is 32.7. The second-order valence-corrected chi connectivity index (χ2v) is 16.0. The lowest BCUT2D eigenvalue weighted by Crippen LogP contribution is -2.29. The molecule has 0 saturated carbocycles. The molecule has 2 unspecified atom stereocenters. The van der Waals surface area contributed by atoms with E-state index >= 15 is 0 Å². The highest BCUT2D eigenvalue weighted by Gasteiger charge is 2.26. The summed E-state index contributed by atoms with van der Waals surface area (Å²) in [5.74, 6) is -0.852. The van der Waals surface area contributed by atoms with Crippen LogP contribution in [0.1, 0.15) is 181 Å². The first-order valence-corrected chi connectivity index (χ1v) is 23.9. The van der Waals surface area contributed by atoms with E-state index in [0.717, 1.165) is 103 Å². The molecule has 0 bridgehead atoms. The minimum Gasteiger partial charge on any atom is -0.462 e. The molecule has 0 heterocycles. The molecule has 0 amide bonds. The number of unbranched alkanes of at least 4 members (excludes halogenated alkanes) is 16. The number of hydrogen-bond donors (Lipinski definition) is 2. The van der Waals surface area contributed by atoms with Gasteiger partial charge in [-0.25, -0.2) is 4.57 Å². The van der Waals surface area contributed by atoms with Crippen molar-refractivity contribution in [3.63, 3.8) is 0 Å². The summed E-state index contributed by atoms with van der Waals surface area (Å²) >= 11 is 0. The van der Waals surface area contributed by atoms with Crippen LogP contribution < -0.4 is 5.73 Å². The molecule has 0 radical (unpaired) electrons. The molecule has 0 spiro atoms. The van der Waals surface area contributed by atoms with Crippen molar-refractivity contribution in [3.05, 3.63) is 72.9 Å². The molecule has 0 aromatic rings. The van der Waals surface area contributed by atoms with Gasteiger partial charge >= 0.3 is 19.8 Å². The predicted octanol–water partition coefficient (Wildman–Crippen LogP) is 13.1. The van der Waals surface area contributed by atoms with Gasteiger partial charge in [0.2, 0.25) is 0 Å². The fourth-order valence-corrected chi connectivity index (χ4v) is 6.52. The Morgan fingerprint density at radius 1 is 0.544 bits per heavy atom. The van der Waals surface area contributed by atoms with Crippen molar-refractivity contribution in [2.45, 2.75) is 187 Å². The van der Waals surface area contributed by atoms with Gasteiger partial charge in [-0.1, -0.05) is 164 Å².